The fraction of sp³-hybridized carbons (Fsp3) is 0.333. The van der Waals surface area contributed by atoms with Gasteiger partial charge in [0, 0.05) is 43.4 Å². The number of aromatic nitrogens is 2. The van der Waals surface area contributed by atoms with Crippen LogP contribution < -0.4 is 5.32 Å². The van der Waals surface area contributed by atoms with Gasteiger partial charge >= 0.3 is 0 Å². The van der Waals surface area contributed by atoms with Gasteiger partial charge in [0.2, 0.25) is 12.4 Å². The molecule has 0 atom stereocenters. The van der Waals surface area contributed by atoms with Gasteiger partial charge < -0.3 is 15.1 Å². The highest BCUT2D eigenvalue weighted by atomic mass is 35.5. The highest BCUT2D eigenvalue weighted by Crippen LogP contribution is 2.16. The molecule has 1 saturated heterocycles. The Morgan fingerprint density at radius 1 is 1.23 bits per heavy atom. The first-order chi connectivity index (χ1) is 12.6. The van der Waals surface area contributed by atoms with E-state index in [0.29, 0.717) is 55.1 Å². The summed E-state index contributed by atoms with van der Waals surface area (Å²) < 4.78 is 0. The van der Waals surface area contributed by atoms with Crippen molar-refractivity contribution in [3.05, 3.63) is 52.3 Å². The van der Waals surface area contributed by atoms with Crippen LogP contribution in [0.1, 0.15) is 21.7 Å². The largest absolute Gasteiger partial charge is 0.350 e. The van der Waals surface area contributed by atoms with Crippen LogP contribution in [0.4, 0.5) is 5.95 Å². The van der Waals surface area contributed by atoms with Crippen molar-refractivity contribution in [1.29, 1.82) is 0 Å². The molecule has 7 nitrogen and oxygen atoms in total. The number of nitrogens with one attached hydrogen (secondary N) is 1. The Kier molecular flexibility index (Phi) is 5.68. The van der Waals surface area contributed by atoms with E-state index in [4.69, 9.17) is 11.6 Å². The van der Waals surface area contributed by atoms with Gasteiger partial charge in [-0.25, -0.2) is 9.97 Å². The van der Waals surface area contributed by atoms with Crippen LogP contribution in [0.3, 0.4) is 0 Å². The number of carbonyl (C=O) groups excluding carboxylic acids is 2. The monoisotopic (exact) mass is 373 g/mol. The van der Waals surface area contributed by atoms with Crippen LogP contribution in [-0.4, -0.2) is 58.3 Å². The van der Waals surface area contributed by atoms with E-state index in [-0.39, 0.29) is 5.91 Å². The highest BCUT2D eigenvalue weighted by Gasteiger charge is 2.23. The Morgan fingerprint density at radius 3 is 2.65 bits per heavy atom. The molecule has 1 aliphatic rings. The van der Waals surface area contributed by atoms with Gasteiger partial charge in [0.1, 0.15) is 5.69 Å². The summed E-state index contributed by atoms with van der Waals surface area (Å²) in [5.74, 6) is 0.238. The van der Waals surface area contributed by atoms with Crippen molar-refractivity contribution in [3.8, 4) is 0 Å². The molecule has 0 bridgehead atoms. The molecule has 1 N–H and O–H groups in total. The number of amides is 2. The Labute approximate surface area is 157 Å². The average Bonchev–Trinajstić information content (AvgIpc) is 2.66. The zero-order chi connectivity index (χ0) is 18.5. The summed E-state index contributed by atoms with van der Waals surface area (Å²) in [5.41, 5.74) is 1.98. The highest BCUT2D eigenvalue weighted by molar-refractivity contribution is 6.31. The van der Waals surface area contributed by atoms with Crippen molar-refractivity contribution in [2.75, 3.05) is 31.5 Å². The van der Waals surface area contributed by atoms with Crippen LogP contribution in [0, 0.1) is 6.92 Å². The number of nitrogens with zero attached hydrogens (tertiary/aromatic N) is 4. The average molecular weight is 374 g/mol. The predicted octanol–water partition coefficient (Wildman–Crippen LogP) is 1.96. The third kappa shape index (κ3) is 4.29. The van der Waals surface area contributed by atoms with E-state index < -0.39 is 0 Å². The Hall–Kier alpha value is -2.67. The summed E-state index contributed by atoms with van der Waals surface area (Å²) in [5, 5.41) is 3.79. The summed E-state index contributed by atoms with van der Waals surface area (Å²) in [7, 11) is 0. The maximum atomic E-state index is 12.7. The number of hydrogen-bond donors (Lipinski definition) is 1. The van der Waals surface area contributed by atoms with Crippen LogP contribution >= 0.6 is 11.6 Å². The number of hydrogen-bond acceptors (Lipinski definition) is 5. The van der Waals surface area contributed by atoms with E-state index in [1.54, 1.807) is 15.9 Å². The van der Waals surface area contributed by atoms with Crippen molar-refractivity contribution in [2.45, 2.75) is 13.5 Å². The SMILES string of the molecule is Cc1cc(C(=O)N2CCN(C=O)CC2)nc(NCc2ccccc2Cl)n1. The summed E-state index contributed by atoms with van der Waals surface area (Å²) >= 11 is 6.16. The van der Waals surface area contributed by atoms with Crippen LogP contribution in [0.5, 0.6) is 0 Å². The van der Waals surface area contributed by atoms with E-state index in [0.717, 1.165) is 12.0 Å². The molecular weight excluding hydrogens is 354 g/mol. The van der Waals surface area contributed by atoms with Gasteiger partial charge in [0.15, 0.2) is 0 Å². The molecule has 1 fully saturated rings. The predicted molar refractivity (Wildman–Crippen MR) is 99.1 cm³/mol. The first-order valence-corrected chi connectivity index (χ1v) is 8.76. The minimum Gasteiger partial charge on any atom is -0.350 e. The zero-order valence-electron chi connectivity index (χ0n) is 14.5. The van der Waals surface area contributed by atoms with Crippen LogP contribution in [0.15, 0.2) is 30.3 Å². The molecule has 26 heavy (non-hydrogen) atoms. The zero-order valence-corrected chi connectivity index (χ0v) is 15.2. The van der Waals surface area contributed by atoms with Gasteiger partial charge in [-0.05, 0) is 24.6 Å². The molecule has 1 aromatic heterocycles. The molecule has 0 unspecified atom stereocenters. The third-order valence-electron chi connectivity index (χ3n) is 4.22. The molecule has 0 aliphatic carbocycles. The second-order valence-corrected chi connectivity index (χ2v) is 6.50. The minimum absolute atomic E-state index is 0.151. The Bertz CT molecular complexity index is 806. The fourth-order valence-corrected chi connectivity index (χ4v) is 2.97. The summed E-state index contributed by atoms with van der Waals surface area (Å²) in [4.78, 5) is 35.6. The third-order valence-corrected chi connectivity index (χ3v) is 4.59. The molecule has 1 aromatic carbocycles. The molecular formula is C18H20ClN5O2. The van der Waals surface area contributed by atoms with Crippen molar-refractivity contribution in [3.63, 3.8) is 0 Å². The van der Waals surface area contributed by atoms with Crippen LogP contribution in [-0.2, 0) is 11.3 Å². The van der Waals surface area contributed by atoms with Crippen LogP contribution in [0.2, 0.25) is 5.02 Å². The maximum absolute atomic E-state index is 12.7. The number of benzene rings is 1. The lowest BCUT2D eigenvalue weighted by Crippen LogP contribution is -2.48. The molecule has 136 valence electrons. The maximum Gasteiger partial charge on any atom is 0.272 e. The number of rotatable bonds is 5. The molecule has 1 aliphatic heterocycles. The van der Waals surface area contributed by atoms with E-state index in [1.165, 1.54) is 0 Å². The topological polar surface area (TPSA) is 78.4 Å². The number of piperazine rings is 1. The molecule has 8 heteroatoms. The Morgan fingerprint density at radius 2 is 1.96 bits per heavy atom. The molecule has 0 saturated carbocycles. The van der Waals surface area contributed by atoms with E-state index >= 15 is 0 Å². The smallest absolute Gasteiger partial charge is 0.272 e. The lowest BCUT2D eigenvalue weighted by molar-refractivity contribution is -0.119. The van der Waals surface area contributed by atoms with Gasteiger partial charge in [-0.15, -0.1) is 0 Å². The van der Waals surface area contributed by atoms with Gasteiger partial charge in [0.25, 0.3) is 5.91 Å². The summed E-state index contributed by atoms with van der Waals surface area (Å²) in [6, 6.07) is 9.20. The second-order valence-electron chi connectivity index (χ2n) is 6.10. The van der Waals surface area contributed by atoms with Crippen molar-refractivity contribution >= 4 is 29.9 Å². The molecule has 2 heterocycles. The van der Waals surface area contributed by atoms with E-state index in [2.05, 4.69) is 15.3 Å². The normalized spacial score (nSPS) is 14.2. The first kappa shape index (κ1) is 18.1. The van der Waals surface area contributed by atoms with Crippen molar-refractivity contribution < 1.29 is 9.59 Å². The standard InChI is InChI=1S/C18H20ClN5O2/c1-13-10-16(17(26)24-8-6-23(12-25)7-9-24)22-18(21-13)20-11-14-4-2-3-5-15(14)19/h2-5,10,12H,6-9,11H2,1H3,(H,20,21,22). The quantitative estimate of drug-likeness (QED) is 0.810. The molecule has 3 rings (SSSR count). The molecule has 2 amide bonds. The van der Waals surface area contributed by atoms with Crippen molar-refractivity contribution in [1.82, 2.24) is 19.8 Å². The van der Waals surface area contributed by atoms with Gasteiger partial charge in [0.05, 0.1) is 0 Å². The number of aryl methyl sites for hydroxylation is 1. The first-order valence-electron chi connectivity index (χ1n) is 8.38. The summed E-state index contributed by atoms with van der Waals surface area (Å²) in [6.45, 7) is 4.37. The van der Waals surface area contributed by atoms with E-state index in [1.807, 2.05) is 31.2 Å². The second kappa shape index (κ2) is 8.14. The van der Waals surface area contributed by atoms with Crippen molar-refractivity contribution in [2.24, 2.45) is 0 Å². The number of anilines is 1. The molecule has 0 spiro atoms. The number of carbonyl (C=O) groups is 2. The van der Waals surface area contributed by atoms with Gasteiger partial charge in [-0.1, -0.05) is 29.8 Å². The van der Waals surface area contributed by atoms with Gasteiger partial charge in [-0.3, -0.25) is 9.59 Å². The van der Waals surface area contributed by atoms with Gasteiger partial charge in [-0.2, -0.15) is 0 Å². The number of halogens is 1. The summed E-state index contributed by atoms with van der Waals surface area (Å²) in [6.07, 6.45) is 0.813. The minimum atomic E-state index is -0.151. The molecule has 0 radical (unpaired) electrons. The van der Waals surface area contributed by atoms with E-state index in [9.17, 15) is 9.59 Å². The lowest BCUT2D eigenvalue weighted by atomic mass is 10.2. The Balaban J connectivity index is 1.70. The van der Waals surface area contributed by atoms with Crippen LogP contribution in [0.25, 0.3) is 0 Å². The fourth-order valence-electron chi connectivity index (χ4n) is 2.77. The molecule has 2 aromatic rings. The lowest BCUT2D eigenvalue weighted by Gasteiger charge is -2.32.